The highest BCUT2D eigenvalue weighted by Crippen LogP contribution is 2.21. The number of carbonyl (C=O) groups excluding carboxylic acids is 2. The first-order valence-electron chi connectivity index (χ1n) is 5.93. The Balaban J connectivity index is 2.29. The largest absolute Gasteiger partial charge is 0.478 e. The van der Waals surface area contributed by atoms with Gasteiger partial charge in [0.25, 0.3) is 5.91 Å². The number of nitrogens with two attached hydrogens (primary N) is 1. The van der Waals surface area contributed by atoms with Crippen molar-refractivity contribution in [2.75, 3.05) is 6.54 Å². The van der Waals surface area contributed by atoms with Gasteiger partial charge in [0.05, 0.1) is 6.26 Å². The number of amides is 2. The van der Waals surface area contributed by atoms with Gasteiger partial charge in [0.15, 0.2) is 0 Å². The Morgan fingerprint density at radius 3 is 2.74 bits per heavy atom. The average Bonchev–Trinajstić information content (AvgIpc) is 2.87. The van der Waals surface area contributed by atoms with Gasteiger partial charge in [-0.2, -0.15) is 0 Å². The van der Waals surface area contributed by atoms with Crippen molar-refractivity contribution in [3.8, 4) is 0 Å². The minimum absolute atomic E-state index is 0.209. The molecule has 1 aliphatic heterocycles. The highest BCUT2D eigenvalue weighted by molar-refractivity contribution is 6.04. The molecule has 7 nitrogen and oxygen atoms in total. The van der Waals surface area contributed by atoms with Crippen molar-refractivity contribution in [2.45, 2.75) is 25.3 Å². The van der Waals surface area contributed by atoms with E-state index in [-0.39, 0.29) is 11.3 Å². The van der Waals surface area contributed by atoms with Crippen LogP contribution in [0.2, 0.25) is 0 Å². The van der Waals surface area contributed by atoms with Crippen molar-refractivity contribution in [3.63, 3.8) is 0 Å². The van der Waals surface area contributed by atoms with E-state index in [1.165, 1.54) is 11.0 Å². The summed E-state index contributed by atoms with van der Waals surface area (Å²) in [5, 5.41) is 8.95. The number of carbonyl (C=O) groups is 3. The molecule has 0 aromatic carbocycles. The Kier molecular flexibility index (Phi) is 3.55. The summed E-state index contributed by atoms with van der Waals surface area (Å²) in [6, 6.07) is 0.506. The third-order valence-corrected chi connectivity index (χ3v) is 3.18. The van der Waals surface area contributed by atoms with Crippen molar-refractivity contribution in [1.82, 2.24) is 4.90 Å². The molecule has 0 bridgehead atoms. The van der Waals surface area contributed by atoms with Crippen molar-refractivity contribution in [2.24, 2.45) is 5.73 Å². The number of furan rings is 1. The number of carboxylic acid groups (broad SMARTS) is 1. The minimum Gasteiger partial charge on any atom is -0.478 e. The van der Waals surface area contributed by atoms with Gasteiger partial charge in [-0.05, 0) is 25.3 Å². The predicted octanol–water partition coefficient (Wildman–Crippen LogP) is 0.458. The van der Waals surface area contributed by atoms with Crippen LogP contribution in [0.3, 0.4) is 0 Å². The van der Waals surface area contributed by atoms with Crippen LogP contribution < -0.4 is 5.73 Å². The molecule has 1 saturated heterocycles. The van der Waals surface area contributed by atoms with E-state index < -0.39 is 23.8 Å². The number of carboxylic acids is 1. The predicted molar refractivity (Wildman–Crippen MR) is 63.5 cm³/mol. The minimum atomic E-state index is -1.25. The first-order valence-corrected chi connectivity index (χ1v) is 5.93. The van der Waals surface area contributed by atoms with Crippen molar-refractivity contribution >= 4 is 17.8 Å². The molecule has 102 valence electrons. The molecule has 1 unspecified atom stereocenters. The molecule has 3 N–H and O–H groups in total. The summed E-state index contributed by atoms with van der Waals surface area (Å²) in [5.41, 5.74) is 5.06. The molecule has 2 heterocycles. The Labute approximate surface area is 109 Å². The fraction of sp³-hybridized carbons (Fsp3) is 0.417. The van der Waals surface area contributed by atoms with Gasteiger partial charge >= 0.3 is 5.97 Å². The normalized spacial score (nSPS) is 19.2. The molecule has 0 saturated carbocycles. The lowest BCUT2D eigenvalue weighted by Gasteiger charge is -2.33. The van der Waals surface area contributed by atoms with E-state index in [0.29, 0.717) is 13.0 Å². The summed E-state index contributed by atoms with van der Waals surface area (Å²) >= 11 is 0. The lowest BCUT2D eigenvalue weighted by molar-refractivity contribution is -0.123. The quantitative estimate of drug-likeness (QED) is 0.824. The lowest BCUT2D eigenvalue weighted by Crippen LogP contribution is -2.50. The molecule has 0 radical (unpaired) electrons. The van der Waals surface area contributed by atoms with Crippen molar-refractivity contribution in [1.29, 1.82) is 0 Å². The molecular weight excluding hydrogens is 252 g/mol. The molecule has 1 aromatic heterocycles. The van der Waals surface area contributed by atoms with Crippen LogP contribution in [0.4, 0.5) is 0 Å². The van der Waals surface area contributed by atoms with Gasteiger partial charge in [-0.15, -0.1) is 0 Å². The van der Waals surface area contributed by atoms with Gasteiger partial charge in [-0.25, -0.2) is 4.79 Å². The molecule has 2 rings (SSSR count). The van der Waals surface area contributed by atoms with Crippen LogP contribution >= 0.6 is 0 Å². The molecule has 2 amide bonds. The number of hydrogen-bond donors (Lipinski definition) is 2. The summed E-state index contributed by atoms with van der Waals surface area (Å²) < 4.78 is 4.94. The Hall–Kier alpha value is -2.31. The van der Waals surface area contributed by atoms with Crippen LogP contribution in [-0.2, 0) is 4.79 Å². The maximum Gasteiger partial charge on any atom is 0.339 e. The zero-order valence-electron chi connectivity index (χ0n) is 10.2. The van der Waals surface area contributed by atoms with E-state index in [2.05, 4.69) is 0 Å². The van der Waals surface area contributed by atoms with Crippen LogP contribution in [0.5, 0.6) is 0 Å². The van der Waals surface area contributed by atoms with E-state index in [0.717, 1.165) is 19.1 Å². The molecule has 1 aromatic rings. The number of hydrogen-bond acceptors (Lipinski definition) is 4. The Morgan fingerprint density at radius 2 is 2.11 bits per heavy atom. The second kappa shape index (κ2) is 5.13. The number of primary amides is 1. The smallest absolute Gasteiger partial charge is 0.339 e. The topological polar surface area (TPSA) is 114 Å². The monoisotopic (exact) mass is 266 g/mol. The molecule has 1 atom stereocenters. The summed E-state index contributed by atoms with van der Waals surface area (Å²) in [6.07, 6.45) is 3.18. The SMILES string of the molecule is NC(=O)C1CCCCN1C(=O)c1occc1C(=O)O. The second-order valence-electron chi connectivity index (χ2n) is 4.38. The number of nitrogens with zero attached hydrogens (tertiary/aromatic N) is 1. The van der Waals surface area contributed by atoms with Crippen LogP contribution in [0.15, 0.2) is 16.7 Å². The van der Waals surface area contributed by atoms with E-state index in [1.54, 1.807) is 0 Å². The van der Waals surface area contributed by atoms with Crippen molar-refractivity contribution < 1.29 is 23.9 Å². The third-order valence-electron chi connectivity index (χ3n) is 3.18. The number of piperidine rings is 1. The fourth-order valence-electron chi connectivity index (χ4n) is 2.24. The molecular formula is C12H14N2O5. The van der Waals surface area contributed by atoms with Crippen LogP contribution in [0.25, 0.3) is 0 Å². The zero-order valence-corrected chi connectivity index (χ0v) is 10.2. The molecule has 19 heavy (non-hydrogen) atoms. The van der Waals surface area contributed by atoms with E-state index in [1.807, 2.05) is 0 Å². The highest BCUT2D eigenvalue weighted by Gasteiger charge is 2.34. The molecule has 0 aliphatic carbocycles. The Bertz CT molecular complexity index is 522. The molecule has 0 spiro atoms. The Morgan fingerprint density at radius 1 is 1.37 bits per heavy atom. The van der Waals surface area contributed by atoms with E-state index >= 15 is 0 Å². The van der Waals surface area contributed by atoms with Gasteiger partial charge in [0.1, 0.15) is 11.6 Å². The molecule has 7 heteroatoms. The zero-order chi connectivity index (χ0) is 14.0. The highest BCUT2D eigenvalue weighted by atomic mass is 16.4. The third kappa shape index (κ3) is 2.44. The van der Waals surface area contributed by atoms with E-state index in [9.17, 15) is 14.4 Å². The summed E-state index contributed by atoms with van der Waals surface area (Å²) in [4.78, 5) is 35.9. The average molecular weight is 266 g/mol. The summed E-state index contributed by atoms with van der Waals surface area (Å²) in [7, 11) is 0. The van der Waals surface area contributed by atoms with Crippen LogP contribution in [-0.4, -0.2) is 40.4 Å². The molecule has 1 aliphatic rings. The van der Waals surface area contributed by atoms with Gasteiger partial charge in [0.2, 0.25) is 11.7 Å². The standard InChI is InChI=1S/C12H14N2O5/c13-10(15)8-3-1-2-5-14(8)11(16)9-7(12(17)18)4-6-19-9/h4,6,8H,1-3,5H2,(H2,13,15)(H,17,18). The van der Waals surface area contributed by atoms with E-state index in [4.69, 9.17) is 15.3 Å². The number of aromatic carboxylic acids is 1. The first kappa shape index (κ1) is 13.1. The van der Waals surface area contributed by atoms with Gasteiger partial charge < -0.3 is 20.2 Å². The second-order valence-corrected chi connectivity index (χ2v) is 4.38. The molecule has 1 fully saturated rings. The van der Waals surface area contributed by atoms with Crippen LogP contribution in [0.1, 0.15) is 40.2 Å². The first-order chi connectivity index (χ1) is 9.02. The number of likely N-dealkylation sites (tertiary alicyclic amines) is 1. The van der Waals surface area contributed by atoms with Gasteiger partial charge in [-0.3, -0.25) is 9.59 Å². The summed E-state index contributed by atoms with van der Waals surface area (Å²) in [6.45, 7) is 0.367. The summed E-state index contributed by atoms with van der Waals surface area (Å²) in [5.74, 6) is -2.70. The lowest BCUT2D eigenvalue weighted by atomic mass is 10.0. The van der Waals surface area contributed by atoms with Gasteiger partial charge in [-0.1, -0.05) is 0 Å². The van der Waals surface area contributed by atoms with Crippen LogP contribution in [0, 0.1) is 0 Å². The van der Waals surface area contributed by atoms with Gasteiger partial charge in [0, 0.05) is 6.54 Å². The maximum absolute atomic E-state index is 12.3. The fourth-order valence-corrected chi connectivity index (χ4v) is 2.24. The van der Waals surface area contributed by atoms with Crippen molar-refractivity contribution in [3.05, 3.63) is 23.7 Å². The maximum atomic E-state index is 12.3. The number of rotatable bonds is 3.